The Bertz CT molecular complexity index is 553. The highest BCUT2D eigenvalue weighted by atomic mass is 32.1. The molecule has 0 aromatic carbocycles. The number of aryl methyl sites for hydroxylation is 2. The average Bonchev–Trinajstić information content (AvgIpc) is 2.77. The minimum atomic E-state index is -0.168. The number of anilines is 1. The maximum Gasteiger partial charge on any atom is 0.249 e. The third-order valence-electron chi connectivity index (χ3n) is 2.32. The lowest BCUT2D eigenvalue weighted by molar-refractivity contribution is -0.111. The first kappa shape index (κ1) is 12.5. The number of carbonyl (C=O) groups excluding carboxylic acids is 1. The third-order valence-corrected chi connectivity index (χ3v) is 3.02. The molecule has 3 nitrogen and oxygen atoms in total. The molecule has 0 saturated heterocycles. The molecule has 0 aliphatic carbocycles. The number of thiophene rings is 1. The predicted molar refractivity (Wildman–Crippen MR) is 75.7 cm³/mol. The maximum atomic E-state index is 11.7. The van der Waals surface area contributed by atoms with Gasteiger partial charge in [0.05, 0.1) is 0 Å². The fourth-order valence-electron chi connectivity index (χ4n) is 1.62. The van der Waals surface area contributed by atoms with E-state index in [-0.39, 0.29) is 5.91 Å². The molecule has 0 fully saturated rings. The van der Waals surface area contributed by atoms with Gasteiger partial charge in [0.15, 0.2) is 0 Å². The topological polar surface area (TPSA) is 42.0 Å². The van der Waals surface area contributed by atoms with Gasteiger partial charge in [-0.05, 0) is 60.0 Å². The van der Waals surface area contributed by atoms with Crippen molar-refractivity contribution >= 4 is 29.1 Å². The maximum absolute atomic E-state index is 11.7. The van der Waals surface area contributed by atoms with E-state index in [0.717, 1.165) is 16.8 Å². The van der Waals surface area contributed by atoms with Gasteiger partial charge in [-0.1, -0.05) is 0 Å². The SMILES string of the molecule is Cc1cc(C)nc(NC(=O)/C=C/c2ccsc2)c1. The van der Waals surface area contributed by atoms with Gasteiger partial charge in [0.2, 0.25) is 5.91 Å². The van der Waals surface area contributed by atoms with Crippen LogP contribution in [0.4, 0.5) is 5.82 Å². The Balaban J connectivity index is 2.03. The first-order valence-corrected chi connectivity index (χ1v) is 6.54. The molecule has 1 N–H and O–H groups in total. The van der Waals surface area contributed by atoms with Crippen LogP contribution in [0.15, 0.2) is 35.0 Å². The number of nitrogens with zero attached hydrogens (tertiary/aromatic N) is 1. The second-order valence-electron chi connectivity index (χ2n) is 4.05. The molecule has 1 amide bonds. The molecule has 2 rings (SSSR count). The summed E-state index contributed by atoms with van der Waals surface area (Å²) in [6.07, 6.45) is 3.30. The van der Waals surface area contributed by atoms with E-state index < -0.39 is 0 Å². The zero-order valence-corrected chi connectivity index (χ0v) is 11.1. The smallest absolute Gasteiger partial charge is 0.249 e. The Kier molecular flexibility index (Phi) is 3.89. The highest BCUT2D eigenvalue weighted by molar-refractivity contribution is 7.08. The molecule has 0 aliphatic heterocycles. The van der Waals surface area contributed by atoms with Crippen molar-refractivity contribution in [2.75, 3.05) is 5.32 Å². The molecular weight excluding hydrogens is 244 g/mol. The highest BCUT2D eigenvalue weighted by Crippen LogP contribution is 2.10. The Morgan fingerprint density at radius 1 is 1.39 bits per heavy atom. The van der Waals surface area contributed by atoms with E-state index in [4.69, 9.17) is 0 Å². The molecular formula is C14H14N2OS. The van der Waals surface area contributed by atoms with E-state index >= 15 is 0 Å². The van der Waals surface area contributed by atoms with Crippen LogP contribution in [0.2, 0.25) is 0 Å². The van der Waals surface area contributed by atoms with E-state index in [1.807, 2.05) is 42.8 Å². The van der Waals surface area contributed by atoms with Crippen LogP contribution >= 0.6 is 11.3 Å². The molecule has 2 aromatic heterocycles. The Hall–Kier alpha value is -1.94. The lowest BCUT2D eigenvalue weighted by Gasteiger charge is -2.03. The van der Waals surface area contributed by atoms with Crippen molar-refractivity contribution in [2.45, 2.75) is 13.8 Å². The zero-order chi connectivity index (χ0) is 13.0. The van der Waals surface area contributed by atoms with Crippen LogP contribution in [-0.2, 0) is 4.79 Å². The number of hydrogen-bond acceptors (Lipinski definition) is 3. The summed E-state index contributed by atoms with van der Waals surface area (Å²) < 4.78 is 0. The van der Waals surface area contributed by atoms with Gasteiger partial charge in [-0.15, -0.1) is 0 Å². The van der Waals surface area contributed by atoms with Crippen molar-refractivity contribution in [3.8, 4) is 0 Å². The van der Waals surface area contributed by atoms with Crippen LogP contribution in [0.1, 0.15) is 16.8 Å². The van der Waals surface area contributed by atoms with Gasteiger partial charge in [-0.25, -0.2) is 4.98 Å². The number of carbonyl (C=O) groups is 1. The van der Waals surface area contributed by atoms with Crippen LogP contribution < -0.4 is 5.32 Å². The van der Waals surface area contributed by atoms with E-state index in [2.05, 4.69) is 10.3 Å². The molecule has 18 heavy (non-hydrogen) atoms. The lowest BCUT2D eigenvalue weighted by atomic mass is 10.2. The summed E-state index contributed by atoms with van der Waals surface area (Å²) in [6, 6.07) is 5.78. The van der Waals surface area contributed by atoms with Crippen molar-refractivity contribution in [2.24, 2.45) is 0 Å². The van der Waals surface area contributed by atoms with Gasteiger partial charge in [0.1, 0.15) is 5.82 Å². The summed E-state index contributed by atoms with van der Waals surface area (Å²) in [7, 11) is 0. The first-order chi connectivity index (χ1) is 8.63. The van der Waals surface area contributed by atoms with Crippen molar-refractivity contribution in [1.29, 1.82) is 0 Å². The van der Waals surface area contributed by atoms with E-state index in [1.54, 1.807) is 17.4 Å². The van der Waals surface area contributed by atoms with Crippen molar-refractivity contribution in [1.82, 2.24) is 4.98 Å². The average molecular weight is 258 g/mol. The monoisotopic (exact) mass is 258 g/mol. The summed E-state index contributed by atoms with van der Waals surface area (Å²) in [5, 5.41) is 6.71. The molecule has 0 bridgehead atoms. The van der Waals surface area contributed by atoms with Gasteiger partial charge in [0.25, 0.3) is 0 Å². The summed E-state index contributed by atoms with van der Waals surface area (Å²) in [5.41, 5.74) is 3.01. The fraction of sp³-hybridized carbons (Fsp3) is 0.143. The molecule has 0 aliphatic rings. The molecule has 0 saturated carbocycles. The van der Waals surface area contributed by atoms with Crippen LogP contribution in [-0.4, -0.2) is 10.9 Å². The van der Waals surface area contributed by atoms with E-state index in [0.29, 0.717) is 5.82 Å². The van der Waals surface area contributed by atoms with Gasteiger partial charge in [-0.3, -0.25) is 4.79 Å². The van der Waals surface area contributed by atoms with Crippen molar-refractivity contribution in [3.63, 3.8) is 0 Å². The summed E-state index contributed by atoms with van der Waals surface area (Å²) in [5.74, 6) is 0.422. The molecule has 92 valence electrons. The number of nitrogens with one attached hydrogen (secondary N) is 1. The zero-order valence-electron chi connectivity index (χ0n) is 10.3. The van der Waals surface area contributed by atoms with Crippen molar-refractivity contribution in [3.05, 3.63) is 51.9 Å². The van der Waals surface area contributed by atoms with Crippen LogP contribution in [0.5, 0.6) is 0 Å². The number of hydrogen-bond donors (Lipinski definition) is 1. The fourth-order valence-corrected chi connectivity index (χ4v) is 2.24. The van der Waals surface area contributed by atoms with E-state index in [9.17, 15) is 4.79 Å². The molecule has 0 spiro atoms. The largest absolute Gasteiger partial charge is 0.307 e. The van der Waals surface area contributed by atoms with Crippen LogP contribution in [0.3, 0.4) is 0 Å². The molecule has 0 radical (unpaired) electrons. The number of pyridine rings is 1. The molecule has 2 heterocycles. The Morgan fingerprint density at radius 2 is 2.22 bits per heavy atom. The number of rotatable bonds is 3. The van der Waals surface area contributed by atoms with Gasteiger partial charge < -0.3 is 5.32 Å². The Morgan fingerprint density at radius 3 is 2.89 bits per heavy atom. The third kappa shape index (κ3) is 3.53. The van der Waals surface area contributed by atoms with Crippen molar-refractivity contribution < 1.29 is 4.79 Å². The number of amides is 1. The Labute approximate surface area is 110 Å². The van der Waals surface area contributed by atoms with Crippen LogP contribution in [0.25, 0.3) is 6.08 Å². The predicted octanol–water partition coefficient (Wildman–Crippen LogP) is 3.41. The van der Waals surface area contributed by atoms with Gasteiger partial charge in [0, 0.05) is 11.8 Å². The molecule has 4 heteroatoms. The second-order valence-corrected chi connectivity index (χ2v) is 4.83. The molecule has 2 aromatic rings. The standard InChI is InChI=1S/C14H14N2OS/c1-10-7-11(2)15-13(8-10)16-14(17)4-3-12-5-6-18-9-12/h3-9H,1-2H3,(H,15,16,17)/b4-3+. The van der Waals surface area contributed by atoms with Gasteiger partial charge in [-0.2, -0.15) is 11.3 Å². The van der Waals surface area contributed by atoms with E-state index in [1.165, 1.54) is 6.08 Å². The molecule has 0 unspecified atom stereocenters. The van der Waals surface area contributed by atoms with Gasteiger partial charge >= 0.3 is 0 Å². The summed E-state index contributed by atoms with van der Waals surface area (Å²) in [6.45, 7) is 3.88. The molecule has 0 atom stereocenters. The summed E-state index contributed by atoms with van der Waals surface area (Å²) in [4.78, 5) is 16.0. The highest BCUT2D eigenvalue weighted by Gasteiger charge is 2.01. The minimum Gasteiger partial charge on any atom is -0.307 e. The lowest BCUT2D eigenvalue weighted by Crippen LogP contribution is -2.09. The van der Waals surface area contributed by atoms with Crippen LogP contribution in [0, 0.1) is 13.8 Å². The first-order valence-electron chi connectivity index (χ1n) is 5.60. The number of aromatic nitrogens is 1. The minimum absolute atomic E-state index is 0.168. The normalized spacial score (nSPS) is 10.8. The quantitative estimate of drug-likeness (QED) is 0.857. The summed E-state index contributed by atoms with van der Waals surface area (Å²) >= 11 is 1.60. The second kappa shape index (κ2) is 5.60.